The van der Waals surface area contributed by atoms with Crippen molar-refractivity contribution < 1.29 is 19.3 Å². The predicted octanol–water partition coefficient (Wildman–Crippen LogP) is 4.12. The van der Waals surface area contributed by atoms with Crippen molar-refractivity contribution in [3.05, 3.63) is 77.6 Å². The van der Waals surface area contributed by atoms with Crippen molar-refractivity contribution in [2.24, 2.45) is 0 Å². The van der Waals surface area contributed by atoms with Crippen LogP contribution in [0.15, 0.2) is 60.9 Å². The third kappa shape index (κ3) is 4.60. The molecule has 0 atom stereocenters. The molecule has 1 N–H and O–H groups in total. The van der Waals surface area contributed by atoms with E-state index in [1.165, 1.54) is 0 Å². The lowest BCUT2D eigenvalue weighted by Gasteiger charge is -2.24. The van der Waals surface area contributed by atoms with Crippen molar-refractivity contribution in [1.82, 2.24) is 9.88 Å². The van der Waals surface area contributed by atoms with Gasteiger partial charge in [-0.1, -0.05) is 18.2 Å². The van der Waals surface area contributed by atoms with E-state index in [-0.39, 0.29) is 12.5 Å². The molecule has 6 nitrogen and oxygen atoms in total. The molecule has 0 aliphatic carbocycles. The normalized spacial score (nSPS) is 12.3. The number of ether oxygens (including phenoxy) is 3. The summed E-state index contributed by atoms with van der Waals surface area (Å²) < 4.78 is 16.5. The van der Waals surface area contributed by atoms with Crippen LogP contribution < -0.4 is 14.2 Å². The Morgan fingerprint density at radius 3 is 2.59 bits per heavy atom. The summed E-state index contributed by atoms with van der Waals surface area (Å²) in [5.41, 5.74) is 3.09. The van der Waals surface area contributed by atoms with Crippen LogP contribution in [0.5, 0.6) is 23.0 Å². The Morgan fingerprint density at radius 1 is 0.966 bits per heavy atom. The van der Waals surface area contributed by atoms with Gasteiger partial charge in [-0.2, -0.15) is 0 Å². The van der Waals surface area contributed by atoms with Gasteiger partial charge in [0.05, 0.1) is 6.61 Å². The van der Waals surface area contributed by atoms with Gasteiger partial charge in [-0.15, -0.1) is 0 Å². The van der Waals surface area contributed by atoms with E-state index in [4.69, 9.17) is 14.2 Å². The quantitative estimate of drug-likeness (QED) is 0.622. The van der Waals surface area contributed by atoms with Crippen molar-refractivity contribution >= 4 is 0 Å². The monoisotopic (exact) mass is 392 g/mol. The van der Waals surface area contributed by atoms with E-state index in [0.717, 1.165) is 34.7 Å². The van der Waals surface area contributed by atoms with Crippen LogP contribution >= 0.6 is 0 Å². The molecule has 0 unspecified atom stereocenters. The number of para-hydroxylation sites is 1. The minimum Gasteiger partial charge on any atom is -0.504 e. The molecule has 29 heavy (non-hydrogen) atoms. The Balaban J connectivity index is 1.58. The summed E-state index contributed by atoms with van der Waals surface area (Å²) in [5.74, 6) is 2.25. The molecule has 0 saturated carbocycles. The first-order valence-corrected chi connectivity index (χ1v) is 9.66. The van der Waals surface area contributed by atoms with Crippen LogP contribution in [-0.4, -0.2) is 28.4 Å². The van der Waals surface area contributed by atoms with Gasteiger partial charge in [0.2, 0.25) is 6.79 Å². The van der Waals surface area contributed by atoms with Gasteiger partial charge >= 0.3 is 0 Å². The fourth-order valence-electron chi connectivity index (χ4n) is 3.42. The Bertz CT molecular complexity index is 962. The molecule has 0 bridgehead atoms. The maximum absolute atomic E-state index is 10.6. The molecule has 1 aromatic heterocycles. The van der Waals surface area contributed by atoms with Crippen LogP contribution in [0.25, 0.3) is 0 Å². The van der Waals surface area contributed by atoms with Gasteiger partial charge < -0.3 is 19.3 Å². The Labute approximate surface area is 170 Å². The Kier molecular flexibility index (Phi) is 5.81. The van der Waals surface area contributed by atoms with E-state index in [2.05, 4.69) is 9.88 Å². The molecule has 3 aromatic rings. The smallest absolute Gasteiger partial charge is 0.231 e. The first kappa shape index (κ1) is 19.1. The number of hydrogen-bond acceptors (Lipinski definition) is 6. The number of aromatic nitrogens is 1. The molecule has 0 radical (unpaired) electrons. The molecule has 2 heterocycles. The maximum Gasteiger partial charge on any atom is 0.231 e. The first-order chi connectivity index (χ1) is 14.2. The SMILES string of the molecule is CCOc1cccc(CN(Cc2ccncc2)Cc2ccc3c(c2)OCO3)c1O. The molecule has 0 amide bonds. The first-order valence-electron chi connectivity index (χ1n) is 9.66. The fraction of sp³-hybridized carbons (Fsp3) is 0.261. The number of aromatic hydroxyl groups is 1. The number of hydrogen-bond donors (Lipinski definition) is 1. The topological polar surface area (TPSA) is 64.1 Å². The van der Waals surface area contributed by atoms with Gasteiger partial charge in [0, 0.05) is 37.6 Å². The minimum atomic E-state index is 0.194. The standard InChI is InChI=1S/C23H24N2O4/c1-2-27-21-5-3-4-19(23(21)26)15-25(13-17-8-10-24-11-9-17)14-18-6-7-20-22(12-18)29-16-28-20/h3-12,26H,2,13-16H2,1H3. The fourth-order valence-corrected chi connectivity index (χ4v) is 3.42. The number of pyridine rings is 1. The molecule has 1 aliphatic heterocycles. The van der Waals surface area contributed by atoms with Gasteiger partial charge in [-0.05, 0) is 48.4 Å². The molecule has 1 aliphatic rings. The summed E-state index contributed by atoms with van der Waals surface area (Å²) in [6.45, 7) is 4.66. The zero-order valence-electron chi connectivity index (χ0n) is 16.4. The number of phenols is 1. The van der Waals surface area contributed by atoms with Crippen LogP contribution in [0.4, 0.5) is 0 Å². The van der Waals surface area contributed by atoms with E-state index in [0.29, 0.717) is 25.4 Å². The number of benzene rings is 2. The molecule has 0 fully saturated rings. The highest BCUT2D eigenvalue weighted by Gasteiger charge is 2.17. The molecular formula is C23H24N2O4. The van der Waals surface area contributed by atoms with E-state index in [1.807, 2.05) is 49.4 Å². The van der Waals surface area contributed by atoms with Crippen LogP contribution in [0.2, 0.25) is 0 Å². The number of fused-ring (bicyclic) bond motifs is 1. The summed E-state index contributed by atoms with van der Waals surface area (Å²) in [4.78, 5) is 6.36. The van der Waals surface area contributed by atoms with Crippen LogP contribution in [-0.2, 0) is 19.6 Å². The molecule has 6 heteroatoms. The summed E-state index contributed by atoms with van der Waals surface area (Å²) in [7, 11) is 0. The molecule has 0 saturated heterocycles. The van der Waals surface area contributed by atoms with Crippen molar-refractivity contribution in [3.8, 4) is 23.0 Å². The van der Waals surface area contributed by atoms with E-state index in [1.54, 1.807) is 18.5 Å². The largest absolute Gasteiger partial charge is 0.504 e. The molecule has 2 aromatic carbocycles. The van der Waals surface area contributed by atoms with Gasteiger partial charge in [0.1, 0.15) is 0 Å². The molecule has 4 rings (SSSR count). The van der Waals surface area contributed by atoms with E-state index >= 15 is 0 Å². The summed E-state index contributed by atoms with van der Waals surface area (Å²) in [6.07, 6.45) is 3.59. The van der Waals surface area contributed by atoms with Crippen molar-refractivity contribution in [2.75, 3.05) is 13.4 Å². The predicted molar refractivity (Wildman–Crippen MR) is 109 cm³/mol. The zero-order chi connectivity index (χ0) is 20.1. The average molecular weight is 392 g/mol. The molecular weight excluding hydrogens is 368 g/mol. The minimum absolute atomic E-state index is 0.194. The Morgan fingerprint density at radius 2 is 1.76 bits per heavy atom. The second kappa shape index (κ2) is 8.84. The summed E-state index contributed by atoms with van der Waals surface area (Å²) in [5, 5.41) is 10.6. The second-order valence-corrected chi connectivity index (χ2v) is 6.89. The number of rotatable bonds is 8. The van der Waals surface area contributed by atoms with E-state index in [9.17, 15) is 5.11 Å². The highest BCUT2D eigenvalue weighted by atomic mass is 16.7. The van der Waals surface area contributed by atoms with Crippen molar-refractivity contribution in [1.29, 1.82) is 0 Å². The third-order valence-electron chi connectivity index (χ3n) is 4.78. The highest BCUT2D eigenvalue weighted by molar-refractivity contribution is 5.46. The molecule has 0 spiro atoms. The molecule has 150 valence electrons. The van der Waals surface area contributed by atoms with Crippen LogP contribution in [0, 0.1) is 0 Å². The van der Waals surface area contributed by atoms with Gasteiger partial charge in [-0.25, -0.2) is 0 Å². The number of nitrogens with zero attached hydrogens (tertiary/aromatic N) is 2. The number of phenolic OH excluding ortho intramolecular Hbond substituents is 1. The van der Waals surface area contributed by atoms with Crippen LogP contribution in [0.1, 0.15) is 23.6 Å². The lowest BCUT2D eigenvalue weighted by molar-refractivity contribution is 0.174. The van der Waals surface area contributed by atoms with Crippen molar-refractivity contribution in [2.45, 2.75) is 26.6 Å². The average Bonchev–Trinajstić information content (AvgIpc) is 3.20. The van der Waals surface area contributed by atoms with Crippen LogP contribution in [0.3, 0.4) is 0 Å². The van der Waals surface area contributed by atoms with Crippen molar-refractivity contribution in [3.63, 3.8) is 0 Å². The van der Waals surface area contributed by atoms with Gasteiger partial charge in [0.25, 0.3) is 0 Å². The second-order valence-electron chi connectivity index (χ2n) is 6.89. The maximum atomic E-state index is 10.6. The summed E-state index contributed by atoms with van der Waals surface area (Å²) >= 11 is 0. The zero-order valence-corrected chi connectivity index (χ0v) is 16.4. The Hall–Kier alpha value is -3.25. The summed E-state index contributed by atoms with van der Waals surface area (Å²) in [6, 6.07) is 15.6. The van der Waals surface area contributed by atoms with Gasteiger partial charge in [0.15, 0.2) is 23.0 Å². The highest BCUT2D eigenvalue weighted by Crippen LogP contribution is 2.34. The third-order valence-corrected chi connectivity index (χ3v) is 4.78. The lowest BCUT2D eigenvalue weighted by atomic mass is 10.1. The van der Waals surface area contributed by atoms with Gasteiger partial charge in [-0.3, -0.25) is 9.88 Å². The van der Waals surface area contributed by atoms with E-state index < -0.39 is 0 Å². The lowest BCUT2D eigenvalue weighted by Crippen LogP contribution is -2.22.